The van der Waals surface area contributed by atoms with Crippen molar-refractivity contribution in [2.24, 2.45) is 0 Å². The lowest BCUT2D eigenvalue weighted by Gasteiger charge is -2.30. The topological polar surface area (TPSA) is 12.5 Å². The largest absolute Gasteiger partial charge is 0.374 e. The second-order valence-electron chi connectivity index (χ2n) is 2.54. The maximum absolute atomic E-state index is 5.65. The average molecular weight is 164 g/mol. The summed E-state index contributed by atoms with van der Waals surface area (Å²) in [5.41, 5.74) is 0. The van der Waals surface area contributed by atoms with Crippen LogP contribution >= 0.6 is 11.6 Å². The minimum absolute atomic E-state index is 0.260. The van der Waals surface area contributed by atoms with E-state index < -0.39 is 0 Å². The van der Waals surface area contributed by atoms with Gasteiger partial charge < -0.3 is 4.74 Å². The van der Waals surface area contributed by atoms with E-state index >= 15 is 0 Å². The Morgan fingerprint density at radius 3 is 3.10 bits per heavy atom. The number of rotatable bonds is 2. The fourth-order valence-corrected chi connectivity index (χ4v) is 1.35. The van der Waals surface area contributed by atoms with Gasteiger partial charge in [-0.05, 0) is 6.54 Å². The fraction of sp³-hybridized carbons (Fsp3) is 1.00. The molecular formula is C7H14ClNO. The summed E-state index contributed by atoms with van der Waals surface area (Å²) in [4.78, 5) is 2.36. The summed E-state index contributed by atoms with van der Waals surface area (Å²) in [5.74, 6) is 0.622. The van der Waals surface area contributed by atoms with E-state index in [1.165, 1.54) is 0 Å². The lowest BCUT2D eigenvalue weighted by atomic mass is 10.3. The Kier molecular flexibility index (Phi) is 3.46. The van der Waals surface area contributed by atoms with E-state index in [-0.39, 0.29) is 6.10 Å². The van der Waals surface area contributed by atoms with E-state index in [0.29, 0.717) is 5.88 Å². The molecule has 1 saturated heterocycles. The second kappa shape index (κ2) is 4.16. The van der Waals surface area contributed by atoms with E-state index in [9.17, 15) is 0 Å². The van der Waals surface area contributed by atoms with Gasteiger partial charge in [0.25, 0.3) is 0 Å². The number of hydrogen-bond acceptors (Lipinski definition) is 2. The van der Waals surface area contributed by atoms with Gasteiger partial charge >= 0.3 is 0 Å². The highest BCUT2D eigenvalue weighted by molar-refractivity contribution is 6.18. The third kappa shape index (κ3) is 2.11. The molecular weight excluding hydrogens is 150 g/mol. The van der Waals surface area contributed by atoms with Gasteiger partial charge in [0.1, 0.15) is 0 Å². The number of morpholine rings is 1. The van der Waals surface area contributed by atoms with Gasteiger partial charge in [0.2, 0.25) is 0 Å². The summed E-state index contributed by atoms with van der Waals surface area (Å²) >= 11 is 5.65. The van der Waals surface area contributed by atoms with Gasteiger partial charge in [0, 0.05) is 19.0 Å². The zero-order valence-electron chi connectivity index (χ0n) is 6.35. The normalized spacial score (nSPS) is 28.8. The minimum atomic E-state index is 0.260. The van der Waals surface area contributed by atoms with Crippen molar-refractivity contribution in [2.45, 2.75) is 13.0 Å². The monoisotopic (exact) mass is 163 g/mol. The van der Waals surface area contributed by atoms with Gasteiger partial charge in [-0.2, -0.15) is 0 Å². The van der Waals surface area contributed by atoms with Crippen LogP contribution in [0.2, 0.25) is 0 Å². The Labute approximate surface area is 67.1 Å². The average Bonchev–Trinajstić information content (AvgIpc) is 2.05. The molecule has 0 spiro atoms. The van der Waals surface area contributed by atoms with Crippen molar-refractivity contribution in [2.75, 3.05) is 32.1 Å². The molecule has 2 nitrogen and oxygen atoms in total. The van der Waals surface area contributed by atoms with Crippen LogP contribution in [0, 0.1) is 0 Å². The van der Waals surface area contributed by atoms with Gasteiger partial charge in [0.15, 0.2) is 0 Å². The smallest absolute Gasteiger partial charge is 0.0837 e. The van der Waals surface area contributed by atoms with Gasteiger partial charge in [0.05, 0.1) is 12.7 Å². The molecule has 0 amide bonds. The number of nitrogens with zero attached hydrogens (tertiary/aromatic N) is 1. The van der Waals surface area contributed by atoms with Gasteiger partial charge in [-0.15, -0.1) is 11.6 Å². The molecule has 1 atom stereocenters. The number of halogens is 1. The maximum Gasteiger partial charge on any atom is 0.0837 e. The zero-order valence-corrected chi connectivity index (χ0v) is 7.10. The molecule has 0 aromatic rings. The van der Waals surface area contributed by atoms with Crippen LogP contribution in [-0.2, 0) is 4.74 Å². The Balaban J connectivity index is 2.25. The molecule has 60 valence electrons. The molecule has 1 aliphatic heterocycles. The molecule has 0 saturated carbocycles. The Hall–Kier alpha value is 0.210. The van der Waals surface area contributed by atoms with E-state index in [1.54, 1.807) is 0 Å². The first-order valence-corrected chi connectivity index (χ1v) is 4.30. The number of hydrogen-bond donors (Lipinski definition) is 0. The molecule has 0 aromatic carbocycles. The second-order valence-corrected chi connectivity index (χ2v) is 2.85. The third-order valence-electron chi connectivity index (χ3n) is 1.84. The molecule has 0 radical (unpaired) electrons. The molecule has 10 heavy (non-hydrogen) atoms. The summed E-state index contributed by atoms with van der Waals surface area (Å²) in [7, 11) is 0. The Bertz CT molecular complexity index is 89.6. The molecule has 1 fully saturated rings. The van der Waals surface area contributed by atoms with Crippen LogP contribution in [0.25, 0.3) is 0 Å². The lowest BCUT2D eigenvalue weighted by molar-refractivity contribution is -0.0144. The van der Waals surface area contributed by atoms with Crippen molar-refractivity contribution >= 4 is 11.6 Å². The SMILES string of the molecule is CCN1CCO[C@@H](CCl)C1. The van der Waals surface area contributed by atoms with E-state index in [2.05, 4.69) is 11.8 Å². The highest BCUT2D eigenvalue weighted by Crippen LogP contribution is 2.05. The first-order valence-electron chi connectivity index (χ1n) is 3.76. The Morgan fingerprint density at radius 1 is 1.70 bits per heavy atom. The minimum Gasteiger partial charge on any atom is -0.374 e. The van der Waals surface area contributed by atoms with Crippen molar-refractivity contribution in [3.63, 3.8) is 0 Å². The summed E-state index contributed by atoms with van der Waals surface area (Å²) in [5, 5.41) is 0. The van der Waals surface area contributed by atoms with Crippen LogP contribution in [0.15, 0.2) is 0 Å². The molecule has 0 unspecified atom stereocenters. The highest BCUT2D eigenvalue weighted by atomic mass is 35.5. The maximum atomic E-state index is 5.65. The standard InChI is InChI=1S/C7H14ClNO/c1-2-9-3-4-10-7(5-8)6-9/h7H,2-6H2,1H3/t7-/m0/s1. The molecule has 0 bridgehead atoms. The molecule has 1 rings (SSSR count). The van der Waals surface area contributed by atoms with Crippen LogP contribution in [0.5, 0.6) is 0 Å². The lowest BCUT2D eigenvalue weighted by Crippen LogP contribution is -2.42. The fourth-order valence-electron chi connectivity index (χ4n) is 1.16. The molecule has 1 heterocycles. The number of alkyl halides is 1. The first-order chi connectivity index (χ1) is 4.86. The van der Waals surface area contributed by atoms with E-state index in [1.807, 2.05) is 0 Å². The predicted octanol–water partition coefficient (Wildman–Crippen LogP) is 0.946. The van der Waals surface area contributed by atoms with E-state index in [0.717, 1.165) is 26.2 Å². The van der Waals surface area contributed by atoms with Crippen molar-refractivity contribution in [1.29, 1.82) is 0 Å². The summed E-state index contributed by atoms with van der Waals surface area (Å²) in [6.45, 7) is 6.17. The van der Waals surface area contributed by atoms with Crippen molar-refractivity contribution in [3.05, 3.63) is 0 Å². The summed E-state index contributed by atoms with van der Waals surface area (Å²) in [6, 6.07) is 0. The van der Waals surface area contributed by atoms with Gasteiger partial charge in [-0.3, -0.25) is 4.90 Å². The first kappa shape index (κ1) is 8.31. The molecule has 0 aromatic heterocycles. The predicted molar refractivity (Wildman–Crippen MR) is 42.6 cm³/mol. The highest BCUT2D eigenvalue weighted by Gasteiger charge is 2.17. The van der Waals surface area contributed by atoms with Crippen LogP contribution in [0.4, 0.5) is 0 Å². The zero-order chi connectivity index (χ0) is 7.40. The summed E-state index contributed by atoms with van der Waals surface area (Å²) in [6.07, 6.45) is 0.260. The molecule has 1 aliphatic rings. The van der Waals surface area contributed by atoms with Crippen LogP contribution < -0.4 is 0 Å². The number of likely N-dealkylation sites (N-methyl/N-ethyl adjacent to an activating group) is 1. The summed E-state index contributed by atoms with van der Waals surface area (Å²) < 4.78 is 5.39. The van der Waals surface area contributed by atoms with Crippen LogP contribution in [-0.4, -0.2) is 43.1 Å². The Morgan fingerprint density at radius 2 is 2.50 bits per heavy atom. The molecule has 3 heteroatoms. The third-order valence-corrected chi connectivity index (χ3v) is 2.19. The van der Waals surface area contributed by atoms with E-state index in [4.69, 9.17) is 16.3 Å². The van der Waals surface area contributed by atoms with Gasteiger partial charge in [-0.1, -0.05) is 6.92 Å². The van der Waals surface area contributed by atoms with Crippen LogP contribution in [0.3, 0.4) is 0 Å². The van der Waals surface area contributed by atoms with Crippen molar-refractivity contribution < 1.29 is 4.74 Å². The van der Waals surface area contributed by atoms with Crippen molar-refractivity contribution in [3.8, 4) is 0 Å². The number of ether oxygens (including phenoxy) is 1. The van der Waals surface area contributed by atoms with Crippen molar-refractivity contribution in [1.82, 2.24) is 4.90 Å². The quantitative estimate of drug-likeness (QED) is 0.562. The molecule has 0 N–H and O–H groups in total. The van der Waals surface area contributed by atoms with Crippen LogP contribution in [0.1, 0.15) is 6.92 Å². The van der Waals surface area contributed by atoms with Gasteiger partial charge in [-0.25, -0.2) is 0 Å². The molecule has 0 aliphatic carbocycles.